The molecule has 136 valence electrons. The Bertz CT molecular complexity index is 1050. The molecule has 1 aromatic heterocycles. The highest BCUT2D eigenvalue weighted by Gasteiger charge is 2.17. The SMILES string of the molecule is Cc1c(C(=O)Nc2ccc(S(=O)(=O)NC(C)C)cc2)sc2ccccc12. The summed E-state index contributed by atoms with van der Waals surface area (Å²) in [5, 5.41) is 3.91. The first-order valence-corrected chi connectivity index (χ1v) is 10.5. The summed E-state index contributed by atoms with van der Waals surface area (Å²) in [6.45, 7) is 5.46. The van der Waals surface area contributed by atoms with Crippen LogP contribution in [0.15, 0.2) is 53.4 Å². The number of hydrogen-bond acceptors (Lipinski definition) is 4. The van der Waals surface area contributed by atoms with Crippen LogP contribution in [-0.2, 0) is 10.0 Å². The fraction of sp³-hybridized carbons (Fsp3) is 0.211. The minimum absolute atomic E-state index is 0.169. The number of hydrogen-bond donors (Lipinski definition) is 2. The smallest absolute Gasteiger partial charge is 0.266 e. The Labute approximate surface area is 157 Å². The van der Waals surface area contributed by atoms with E-state index in [-0.39, 0.29) is 16.8 Å². The number of carbonyl (C=O) groups is 1. The van der Waals surface area contributed by atoms with Gasteiger partial charge in [-0.05, 0) is 62.1 Å². The Morgan fingerprint density at radius 1 is 1.04 bits per heavy atom. The van der Waals surface area contributed by atoms with Crippen molar-refractivity contribution >= 4 is 43.0 Å². The van der Waals surface area contributed by atoms with Crippen molar-refractivity contribution in [1.29, 1.82) is 0 Å². The van der Waals surface area contributed by atoms with Crippen molar-refractivity contribution in [3.05, 3.63) is 59.0 Å². The van der Waals surface area contributed by atoms with Crippen molar-refractivity contribution in [3.63, 3.8) is 0 Å². The number of nitrogens with one attached hydrogen (secondary N) is 2. The first-order valence-electron chi connectivity index (χ1n) is 8.20. The standard InChI is InChI=1S/C19H20N2O3S2/c1-12(2)21-26(23,24)15-10-8-14(9-11-15)20-19(22)18-13(3)16-6-4-5-7-17(16)25-18/h4-12,21H,1-3H3,(H,20,22). The number of thiophene rings is 1. The Morgan fingerprint density at radius 3 is 2.31 bits per heavy atom. The number of carbonyl (C=O) groups excluding carboxylic acids is 1. The molecule has 0 saturated heterocycles. The van der Waals surface area contributed by atoms with Crippen LogP contribution in [0.2, 0.25) is 0 Å². The third-order valence-corrected chi connectivity index (χ3v) is 6.81. The average Bonchev–Trinajstić information content (AvgIpc) is 2.92. The summed E-state index contributed by atoms with van der Waals surface area (Å²) in [5.41, 5.74) is 1.50. The quantitative estimate of drug-likeness (QED) is 0.689. The van der Waals surface area contributed by atoms with Gasteiger partial charge in [0.1, 0.15) is 0 Å². The third-order valence-electron chi connectivity index (χ3n) is 3.86. The van der Waals surface area contributed by atoms with E-state index in [0.29, 0.717) is 10.6 Å². The average molecular weight is 389 g/mol. The summed E-state index contributed by atoms with van der Waals surface area (Å²) in [7, 11) is -3.54. The normalized spacial score (nSPS) is 11.8. The maximum atomic E-state index is 12.6. The van der Waals surface area contributed by atoms with Gasteiger partial charge in [0.25, 0.3) is 5.91 Å². The zero-order chi connectivity index (χ0) is 18.9. The van der Waals surface area contributed by atoms with Gasteiger partial charge in [0.05, 0.1) is 9.77 Å². The molecule has 0 fully saturated rings. The lowest BCUT2D eigenvalue weighted by Crippen LogP contribution is -2.30. The Morgan fingerprint density at radius 2 is 1.69 bits per heavy atom. The lowest BCUT2D eigenvalue weighted by atomic mass is 10.1. The second-order valence-electron chi connectivity index (χ2n) is 6.31. The van der Waals surface area contributed by atoms with Crippen LogP contribution in [0.1, 0.15) is 29.1 Å². The number of fused-ring (bicyclic) bond motifs is 1. The predicted molar refractivity (Wildman–Crippen MR) is 106 cm³/mol. The van der Waals surface area contributed by atoms with Gasteiger partial charge in [0.15, 0.2) is 0 Å². The van der Waals surface area contributed by atoms with Crippen molar-refractivity contribution in [3.8, 4) is 0 Å². The molecule has 3 rings (SSSR count). The van der Waals surface area contributed by atoms with Crippen LogP contribution < -0.4 is 10.0 Å². The molecule has 0 aliphatic carbocycles. The molecular weight excluding hydrogens is 368 g/mol. The third kappa shape index (κ3) is 3.80. The molecular formula is C19H20N2O3S2. The van der Waals surface area contributed by atoms with Crippen LogP contribution in [0.3, 0.4) is 0 Å². The molecule has 0 atom stereocenters. The van der Waals surface area contributed by atoms with Gasteiger partial charge in [-0.3, -0.25) is 4.79 Å². The van der Waals surface area contributed by atoms with Gasteiger partial charge in [-0.15, -0.1) is 11.3 Å². The van der Waals surface area contributed by atoms with Gasteiger partial charge in [-0.2, -0.15) is 0 Å². The predicted octanol–water partition coefficient (Wildman–Crippen LogP) is 4.15. The first kappa shape index (κ1) is 18.6. The number of aryl methyl sites for hydroxylation is 1. The maximum absolute atomic E-state index is 12.6. The second kappa shape index (κ2) is 7.19. The first-order chi connectivity index (χ1) is 12.3. The molecule has 0 spiro atoms. The van der Waals surface area contributed by atoms with Gasteiger partial charge >= 0.3 is 0 Å². The fourth-order valence-electron chi connectivity index (χ4n) is 2.67. The van der Waals surface area contributed by atoms with Gasteiger partial charge in [-0.1, -0.05) is 18.2 Å². The molecule has 0 saturated carbocycles. The van der Waals surface area contributed by atoms with Crippen molar-refractivity contribution < 1.29 is 13.2 Å². The van der Waals surface area contributed by atoms with E-state index >= 15 is 0 Å². The Kier molecular flexibility index (Phi) is 5.13. The monoisotopic (exact) mass is 388 g/mol. The molecule has 2 aromatic carbocycles. The van der Waals surface area contributed by atoms with E-state index in [1.165, 1.54) is 23.5 Å². The topological polar surface area (TPSA) is 75.3 Å². The molecule has 2 N–H and O–H groups in total. The molecule has 0 radical (unpaired) electrons. The number of sulfonamides is 1. The number of benzene rings is 2. The molecule has 7 heteroatoms. The number of anilines is 1. The van der Waals surface area contributed by atoms with Gasteiger partial charge in [-0.25, -0.2) is 13.1 Å². The van der Waals surface area contributed by atoms with Gasteiger partial charge in [0, 0.05) is 16.4 Å². The van der Waals surface area contributed by atoms with Crippen molar-refractivity contribution in [2.45, 2.75) is 31.7 Å². The summed E-state index contributed by atoms with van der Waals surface area (Å²) < 4.78 is 27.9. The lowest BCUT2D eigenvalue weighted by molar-refractivity contribution is 0.103. The molecule has 5 nitrogen and oxygen atoms in total. The molecule has 0 aliphatic rings. The highest BCUT2D eigenvalue weighted by molar-refractivity contribution is 7.89. The van der Waals surface area contributed by atoms with Crippen LogP contribution in [0, 0.1) is 6.92 Å². The fourth-order valence-corrected chi connectivity index (χ4v) is 5.03. The van der Waals surface area contributed by atoms with Crippen molar-refractivity contribution in [1.82, 2.24) is 4.72 Å². The van der Waals surface area contributed by atoms with E-state index in [2.05, 4.69) is 10.0 Å². The number of rotatable bonds is 5. The zero-order valence-electron chi connectivity index (χ0n) is 14.7. The van der Waals surface area contributed by atoms with E-state index in [4.69, 9.17) is 0 Å². The molecule has 0 bridgehead atoms. The van der Waals surface area contributed by atoms with Crippen LogP contribution in [0.5, 0.6) is 0 Å². The van der Waals surface area contributed by atoms with E-state index in [1.54, 1.807) is 26.0 Å². The molecule has 0 unspecified atom stereocenters. The molecule has 0 aliphatic heterocycles. The van der Waals surface area contributed by atoms with Crippen LogP contribution in [0.25, 0.3) is 10.1 Å². The Balaban J connectivity index is 1.80. The summed E-state index contributed by atoms with van der Waals surface area (Å²) in [4.78, 5) is 13.4. The zero-order valence-corrected chi connectivity index (χ0v) is 16.4. The number of amides is 1. The highest BCUT2D eigenvalue weighted by Crippen LogP contribution is 2.31. The van der Waals surface area contributed by atoms with Crippen LogP contribution in [-0.4, -0.2) is 20.4 Å². The Hall–Kier alpha value is -2.22. The van der Waals surface area contributed by atoms with E-state index in [0.717, 1.165) is 15.6 Å². The van der Waals surface area contributed by atoms with Crippen molar-refractivity contribution in [2.24, 2.45) is 0 Å². The van der Waals surface area contributed by atoms with Gasteiger partial charge < -0.3 is 5.32 Å². The van der Waals surface area contributed by atoms with Crippen LogP contribution in [0.4, 0.5) is 5.69 Å². The second-order valence-corrected chi connectivity index (χ2v) is 9.07. The minimum Gasteiger partial charge on any atom is -0.321 e. The van der Waals surface area contributed by atoms with E-state index in [9.17, 15) is 13.2 Å². The summed E-state index contributed by atoms with van der Waals surface area (Å²) in [6, 6.07) is 13.9. The van der Waals surface area contributed by atoms with Crippen molar-refractivity contribution in [2.75, 3.05) is 5.32 Å². The van der Waals surface area contributed by atoms with Crippen LogP contribution >= 0.6 is 11.3 Å². The van der Waals surface area contributed by atoms with E-state index in [1.807, 2.05) is 31.2 Å². The maximum Gasteiger partial charge on any atom is 0.266 e. The molecule has 1 heterocycles. The lowest BCUT2D eigenvalue weighted by Gasteiger charge is -2.10. The van der Waals surface area contributed by atoms with E-state index < -0.39 is 10.0 Å². The highest BCUT2D eigenvalue weighted by atomic mass is 32.2. The summed E-state index contributed by atoms with van der Waals surface area (Å²) in [6.07, 6.45) is 0. The van der Waals surface area contributed by atoms with Gasteiger partial charge in [0.2, 0.25) is 10.0 Å². The summed E-state index contributed by atoms with van der Waals surface area (Å²) >= 11 is 1.45. The largest absolute Gasteiger partial charge is 0.321 e. The summed E-state index contributed by atoms with van der Waals surface area (Å²) in [5.74, 6) is -0.195. The molecule has 26 heavy (non-hydrogen) atoms. The minimum atomic E-state index is -3.54. The molecule has 3 aromatic rings. The molecule has 1 amide bonds.